The Morgan fingerprint density at radius 2 is 2.50 bits per heavy atom. The van der Waals surface area contributed by atoms with Crippen LogP contribution in [-0.2, 0) is 4.74 Å². The third kappa shape index (κ3) is 2.12. The molecule has 1 fully saturated rings. The summed E-state index contributed by atoms with van der Waals surface area (Å²) in [7, 11) is 0. The number of hydrogen-bond donors (Lipinski definition) is 0. The van der Waals surface area contributed by atoms with E-state index in [1.807, 2.05) is 6.92 Å². The van der Waals surface area contributed by atoms with Gasteiger partial charge in [-0.15, -0.1) is 0 Å². The van der Waals surface area contributed by atoms with Crippen LogP contribution < -0.4 is 0 Å². The van der Waals surface area contributed by atoms with Crippen molar-refractivity contribution in [3.05, 3.63) is 12.2 Å². The number of allylic oxidation sites excluding steroid dienone is 2. The molecule has 46 valence electrons. The van der Waals surface area contributed by atoms with Crippen molar-refractivity contribution in [1.82, 2.24) is 0 Å². The van der Waals surface area contributed by atoms with Crippen LogP contribution >= 0.6 is 0 Å². The summed E-state index contributed by atoms with van der Waals surface area (Å²) in [6, 6.07) is 0. The summed E-state index contributed by atoms with van der Waals surface area (Å²) in [5.41, 5.74) is 0. The monoisotopic (exact) mass is 112 g/mol. The molecule has 1 heterocycles. The molecule has 0 aliphatic carbocycles. The summed E-state index contributed by atoms with van der Waals surface area (Å²) < 4.78 is 5.02. The first kappa shape index (κ1) is 5.83. The highest BCUT2D eigenvalue weighted by molar-refractivity contribution is 4.80. The predicted octanol–water partition coefficient (Wildman–Crippen LogP) is 1.74. The second-order valence-electron chi connectivity index (χ2n) is 2.10. The minimum absolute atomic E-state index is 0.603. The smallest absolute Gasteiger partial charge is 0.0812 e. The molecule has 1 aliphatic rings. The molecule has 0 saturated carbocycles. The van der Waals surface area contributed by atoms with Gasteiger partial charge in [-0.2, -0.15) is 0 Å². The van der Waals surface area contributed by atoms with E-state index in [2.05, 4.69) is 12.2 Å². The van der Waals surface area contributed by atoms with Gasteiger partial charge in [0.25, 0.3) is 0 Å². The minimum atomic E-state index is 0.603. The fourth-order valence-electron chi connectivity index (χ4n) is 0.683. The first-order chi connectivity index (χ1) is 3.93. The molecule has 1 rings (SSSR count). The Balaban J connectivity index is 1.88. The molecule has 1 heteroatoms. The van der Waals surface area contributed by atoms with E-state index in [0.29, 0.717) is 6.10 Å². The second-order valence-corrected chi connectivity index (χ2v) is 2.10. The summed E-state index contributed by atoms with van der Waals surface area (Å²) in [4.78, 5) is 0. The molecule has 8 heavy (non-hydrogen) atoms. The van der Waals surface area contributed by atoms with Crippen LogP contribution in [0.25, 0.3) is 0 Å². The van der Waals surface area contributed by atoms with Gasteiger partial charge in [-0.1, -0.05) is 12.2 Å². The third-order valence-electron chi connectivity index (χ3n) is 1.29. The molecule has 0 aromatic heterocycles. The third-order valence-corrected chi connectivity index (χ3v) is 1.29. The number of epoxide rings is 1. The van der Waals surface area contributed by atoms with Crippen LogP contribution in [0.2, 0.25) is 0 Å². The maximum atomic E-state index is 5.02. The van der Waals surface area contributed by atoms with Crippen molar-refractivity contribution in [2.45, 2.75) is 25.9 Å². The predicted molar refractivity (Wildman–Crippen MR) is 33.8 cm³/mol. The molecular weight excluding hydrogens is 100 g/mol. The zero-order chi connectivity index (χ0) is 5.82. The number of hydrogen-bond acceptors (Lipinski definition) is 1. The topological polar surface area (TPSA) is 12.5 Å². The van der Waals surface area contributed by atoms with Crippen molar-refractivity contribution in [1.29, 1.82) is 0 Å². The van der Waals surface area contributed by atoms with Gasteiger partial charge in [0.2, 0.25) is 0 Å². The van der Waals surface area contributed by atoms with Crippen molar-refractivity contribution < 1.29 is 4.74 Å². The first-order valence-corrected chi connectivity index (χ1v) is 3.16. The maximum Gasteiger partial charge on any atom is 0.0812 e. The molecule has 0 unspecified atom stereocenters. The van der Waals surface area contributed by atoms with E-state index in [1.165, 1.54) is 12.8 Å². The Labute approximate surface area is 50.3 Å². The average molecular weight is 112 g/mol. The fourth-order valence-corrected chi connectivity index (χ4v) is 0.683. The van der Waals surface area contributed by atoms with E-state index in [9.17, 15) is 0 Å². The summed E-state index contributed by atoms with van der Waals surface area (Å²) in [5, 5.41) is 0. The minimum Gasteiger partial charge on any atom is -0.373 e. The zero-order valence-corrected chi connectivity index (χ0v) is 5.26. The molecule has 0 aromatic carbocycles. The molecule has 0 N–H and O–H groups in total. The molecule has 0 radical (unpaired) electrons. The van der Waals surface area contributed by atoms with Crippen molar-refractivity contribution in [3.8, 4) is 0 Å². The van der Waals surface area contributed by atoms with Crippen molar-refractivity contribution in [3.63, 3.8) is 0 Å². The number of ether oxygens (including phenoxy) is 1. The normalized spacial score (nSPS) is 26.9. The summed E-state index contributed by atoms with van der Waals surface area (Å²) in [6.45, 7) is 3.05. The van der Waals surface area contributed by atoms with Gasteiger partial charge >= 0.3 is 0 Å². The Morgan fingerprint density at radius 3 is 3.00 bits per heavy atom. The van der Waals surface area contributed by atoms with Gasteiger partial charge in [0.05, 0.1) is 12.7 Å². The van der Waals surface area contributed by atoms with Crippen LogP contribution in [0.3, 0.4) is 0 Å². The Morgan fingerprint density at radius 1 is 1.75 bits per heavy atom. The van der Waals surface area contributed by atoms with Crippen LogP contribution in [0.4, 0.5) is 0 Å². The highest BCUT2D eigenvalue weighted by atomic mass is 16.6. The summed E-state index contributed by atoms with van der Waals surface area (Å²) in [6.07, 6.45) is 7.27. The van der Waals surface area contributed by atoms with Crippen LogP contribution in [0.15, 0.2) is 12.2 Å². The molecule has 0 amide bonds. The van der Waals surface area contributed by atoms with Gasteiger partial charge in [0, 0.05) is 0 Å². The molecule has 1 aliphatic heterocycles. The van der Waals surface area contributed by atoms with Crippen LogP contribution in [0.1, 0.15) is 19.8 Å². The lowest BCUT2D eigenvalue weighted by Crippen LogP contribution is -1.80. The van der Waals surface area contributed by atoms with E-state index in [-0.39, 0.29) is 0 Å². The largest absolute Gasteiger partial charge is 0.373 e. The van der Waals surface area contributed by atoms with Gasteiger partial charge < -0.3 is 4.74 Å². The Kier molecular flexibility index (Phi) is 2.10. The molecule has 0 bridgehead atoms. The summed E-state index contributed by atoms with van der Waals surface area (Å²) >= 11 is 0. The van der Waals surface area contributed by atoms with Crippen LogP contribution in [0.5, 0.6) is 0 Å². The Bertz CT molecular complexity index is 82.4. The second kappa shape index (κ2) is 2.88. The summed E-state index contributed by atoms with van der Waals surface area (Å²) in [5.74, 6) is 0. The quantitative estimate of drug-likeness (QED) is 0.400. The average Bonchev–Trinajstić information content (AvgIpc) is 2.51. The SMILES string of the molecule is C/C=C\CC[C@H]1CO1. The molecule has 0 aromatic rings. The van der Waals surface area contributed by atoms with Gasteiger partial charge in [-0.25, -0.2) is 0 Å². The molecular formula is C7H12O. The molecule has 1 atom stereocenters. The van der Waals surface area contributed by atoms with Gasteiger partial charge in [-0.3, -0.25) is 0 Å². The van der Waals surface area contributed by atoms with E-state index in [0.717, 1.165) is 6.61 Å². The van der Waals surface area contributed by atoms with Gasteiger partial charge in [-0.05, 0) is 19.8 Å². The number of rotatable bonds is 3. The first-order valence-electron chi connectivity index (χ1n) is 3.16. The molecule has 1 saturated heterocycles. The van der Waals surface area contributed by atoms with E-state index < -0.39 is 0 Å². The standard InChI is InChI=1S/C7H12O/c1-2-3-4-5-7-6-8-7/h2-3,7H,4-6H2,1H3/b3-2-/t7-/m0/s1. The van der Waals surface area contributed by atoms with E-state index >= 15 is 0 Å². The van der Waals surface area contributed by atoms with E-state index in [4.69, 9.17) is 4.74 Å². The van der Waals surface area contributed by atoms with Crippen molar-refractivity contribution in [2.75, 3.05) is 6.61 Å². The van der Waals surface area contributed by atoms with Crippen LogP contribution in [0, 0.1) is 0 Å². The lowest BCUT2D eigenvalue weighted by molar-refractivity contribution is 0.398. The van der Waals surface area contributed by atoms with Crippen molar-refractivity contribution in [2.24, 2.45) is 0 Å². The highest BCUT2D eigenvalue weighted by Gasteiger charge is 2.20. The molecule has 1 nitrogen and oxygen atoms in total. The lowest BCUT2D eigenvalue weighted by atomic mass is 10.2. The van der Waals surface area contributed by atoms with Gasteiger partial charge in [0.15, 0.2) is 0 Å². The lowest BCUT2D eigenvalue weighted by Gasteiger charge is -1.84. The van der Waals surface area contributed by atoms with Crippen molar-refractivity contribution >= 4 is 0 Å². The highest BCUT2D eigenvalue weighted by Crippen LogP contribution is 2.15. The molecule has 0 spiro atoms. The van der Waals surface area contributed by atoms with Gasteiger partial charge in [0.1, 0.15) is 0 Å². The Hall–Kier alpha value is -0.300. The maximum absolute atomic E-state index is 5.02. The fraction of sp³-hybridized carbons (Fsp3) is 0.714. The van der Waals surface area contributed by atoms with Crippen LogP contribution in [-0.4, -0.2) is 12.7 Å². The van der Waals surface area contributed by atoms with E-state index in [1.54, 1.807) is 0 Å². The zero-order valence-electron chi connectivity index (χ0n) is 5.26.